The molecule has 0 saturated heterocycles. The Morgan fingerprint density at radius 1 is 0.900 bits per heavy atom. The van der Waals surface area contributed by atoms with Crippen molar-refractivity contribution in [1.29, 1.82) is 0 Å². The topological polar surface area (TPSA) is 61.3 Å². The highest BCUT2D eigenvalue weighted by molar-refractivity contribution is 5.79. The number of hydrogen-bond donors (Lipinski definition) is 0. The third kappa shape index (κ3) is 2.87. The van der Waals surface area contributed by atoms with Gasteiger partial charge in [0.15, 0.2) is 0 Å². The van der Waals surface area contributed by atoms with E-state index in [1.165, 1.54) is 0 Å². The summed E-state index contributed by atoms with van der Waals surface area (Å²) in [4.78, 5) is 0. The summed E-state index contributed by atoms with van der Waals surface area (Å²) < 4.78 is 57.8. The van der Waals surface area contributed by atoms with Crippen LogP contribution in [-0.2, 0) is 19.0 Å². The van der Waals surface area contributed by atoms with Crippen molar-refractivity contribution in [2.45, 2.75) is 19.0 Å². The Hall–Kier alpha value is -3.55. The van der Waals surface area contributed by atoms with Gasteiger partial charge in [0.25, 0.3) is 0 Å². The number of alkyl halides is 3. The molecule has 0 aliphatic heterocycles. The molecule has 0 atom stereocenters. The standard InChI is InChI=1S/C22H15F3N2O3/c1-28-14-8-10-15-13(11-14)7-9-16-19(15)27-29-20(16)21-17(22(23,24)25)18(26-30-21)12-5-3-2-4-6-12/h2-6,8,10-11H,7,9H2,1H3. The Morgan fingerprint density at radius 2 is 1.63 bits per heavy atom. The number of hydrogen-bond acceptors (Lipinski definition) is 5. The van der Waals surface area contributed by atoms with E-state index in [9.17, 15) is 13.2 Å². The van der Waals surface area contributed by atoms with E-state index in [1.54, 1.807) is 43.5 Å². The summed E-state index contributed by atoms with van der Waals surface area (Å²) in [7, 11) is 1.58. The fourth-order valence-electron chi connectivity index (χ4n) is 3.83. The summed E-state index contributed by atoms with van der Waals surface area (Å²) in [5, 5.41) is 7.79. The fourth-order valence-corrected chi connectivity index (χ4v) is 3.83. The average Bonchev–Trinajstić information content (AvgIpc) is 3.38. The van der Waals surface area contributed by atoms with Crippen molar-refractivity contribution in [1.82, 2.24) is 10.3 Å². The van der Waals surface area contributed by atoms with E-state index in [0.29, 0.717) is 35.4 Å². The highest BCUT2D eigenvalue weighted by Gasteiger charge is 2.43. The third-order valence-electron chi connectivity index (χ3n) is 5.23. The second-order valence-corrected chi connectivity index (χ2v) is 6.96. The smallest absolute Gasteiger partial charge is 0.422 e. The molecule has 152 valence electrons. The van der Waals surface area contributed by atoms with Crippen LogP contribution in [0.15, 0.2) is 57.6 Å². The third-order valence-corrected chi connectivity index (χ3v) is 5.23. The van der Waals surface area contributed by atoms with Crippen LogP contribution in [-0.4, -0.2) is 17.4 Å². The zero-order valence-corrected chi connectivity index (χ0v) is 15.8. The van der Waals surface area contributed by atoms with Crippen LogP contribution >= 0.6 is 0 Å². The first-order valence-corrected chi connectivity index (χ1v) is 9.26. The number of rotatable bonds is 3. The summed E-state index contributed by atoms with van der Waals surface area (Å²) in [6, 6.07) is 13.6. The SMILES string of the molecule is COc1ccc2c(c1)CCc1c-2noc1-c1onc(-c2ccccc2)c1C(F)(F)F. The predicted molar refractivity (Wildman–Crippen MR) is 102 cm³/mol. The lowest BCUT2D eigenvalue weighted by Crippen LogP contribution is -2.08. The predicted octanol–water partition coefficient (Wildman–Crippen LogP) is 5.79. The van der Waals surface area contributed by atoms with E-state index in [-0.39, 0.29) is 11.5 Å². The first kappa shape index (κ1) is 18.5. The second-order valence-electron chi connectivity index (χ2n) is 6.96. The molecule has 0 N–H and O–H groups in total. The van der Waals surface area contributed by atoms with E-state index in [2.05, 4.69) is 10.3 Å². The van der Waals surface area contributed by atoms with Gasteiger partial charge in [-0.25, -0.2) is 0 Å². The molecule has 2 aromatic carbocycles. The molecular weight excluding hydrogens is 397 g/mol. The van der Waals surface area contributed by atoms with Gasteiger partial charge >= 0.3 is 6.18 Å². The summed E-state index contributed by atoms with van der Waals surface area (Å²) in [6.07, 6.45) is -3.60. The van der Waals surface area contributed by atoms with E-state index >= 15 is 0 Å². The van der Waals surface area contributed by atoms with Crippen molar-refractivity contribution >= 4 is 0 Å². The van der Waals surface area contributed by atoms with Gasteiger partial charge in [0.05, 0.1) is 7.11 Å². The minimum absolute atomic E-state index is 0.0338. The molecule has 4 aromatic rings. The van der Waals surface area contributed by atoms with Crippen LogP contribution in [0.2, 0.25) is 0 Å². The van der Waals surface area contributed by atoms with Gasteiger partial charge in [0, 0.05) is 16.7 Å². The van der Waals surface area contributed by atoms with Gasteiger partial charge in [-0.2, -0.15) is 13.2 Å². The van der Waals surface area contributed by atoms with Gasteiger partial charge in [0.1, 0.15) is 22.7 Å². The first-order chi connectivity index (χ1) is 14.5. The monoisotopic (exact) mass is 412 g/mol. The number of nitrogens with zero attached hydrogens (tertiary/aromatic N) is 2. The Balaban J connectivity index is 1.67. The molecular formula is C22H15F3N2O3. The van der Waals surface area contributed by atoms with Gasteiger partial charge in [-0.05, 0) is 36.6 Å². The highest BCUT2D eigenvalue weighted by atomic mass is 19.4. The molecule has 0 spiro atoms. The van der Waals surface area contributed by atoms with E-state index in [4.69, 9.17) is 13.8 Å². The number of fused-ring (bicyclic) bond motifs is 3. The van der Waals surface area contributed by atoms with E-state index in [1.807, 2.05) is 12.1 Å². The molecule has 0 unspecified atom stereocenters. The Kier molecular flexibility index (Phi) is 4.16. The summed E-state index contributed by atoms with van der Waals surface area (Å²) in [6.45, 7) is 0. The zero-order chi connectivity index (χ0) is 20.9. The molecule has 0 fully saturated rings. The molecule has 30 heavy (non-hydrogen) atoms. The molecule has 1 aliphatic carbocycles. The maximum absolute atomic E-state index is 14.0. The lowest BCUT2D eigenvalue weighted by Gasteiger charge is -2.16. The van der Waals surface area contributed by atoms with Crippen molar-refractivity contribution in [2.24, 2.45) is 0 Å². The number of aryl methyl sites for hydroxylation is 1. The van der Waals surface area contributed by atoms with Gasteiger partial charge in [-0.3, -0.25) is 0 Å². The minimum atomic E-state index is -4.68. The number of halogens is 3. The molecule has 8 heteroatoms. The van der Waals surface area contributed by atoms with Crippen LogP contribution in [0, 0.1) is 0 Å². The molecule has 0 bridgehead atoms. The molecule has 1 aliphatic rings. The van der Waals surface area contributed by atoms with Crippen molar-refractivity contribution < 1.29 is 27.0 Å². The normalized spacial score (nSPS) is 13.1. The second kappa shape index (κ2) is 6.76. The van der Waals surface area contributed by atoms with Crippen molar-refractivity contribution in [3.63, 3.8) is 0 Å². The Bertz CT molecular complexity index is 1230. The Morgan fingerprint density at radius 3 is 2.37 bits per heavy atom. The maximum Gasteiger partial charge on any atom is 0.422 e. The number of benzene rings is 2. The van der Waals surface area contributed by atoms with Crippen LogP contribution in [0.4, 0.5) is 13.2 Å². The van der Waals surface area contributed by atoms with Crippen LogP contribution in [0.25, 0.3) is 34.0 Å². The summed E-state index contributed by atoms with van der Waals surface area (Å²) in [5.74, 6) is 0.226. The minimum Gasteiger partial charge on any atom is -0.497 e. The van der Waals surface area contributed by atoms with E-state index in [0.717, 1.165) is 11.1 Å². The van der Waals surface area contributed by atoms with Crippen molar-refractivity contribution in [3.05, 3.63) is 65.2 Å². The van der Waals surface area contributed by atoms with Crippen LogP contribution in [0.3, 0.4) is 0 Å². The molecule has 0 radical (unpaired) electrons. The lowest BCUT2D eigenvalue weighted by molar-refractivity contribution is -0.136. The van der Waals surface area contributed by atoms with Crippen LogP contribution < -0.4 is 4.74 Å². The summed E-state index contributed by atoms with van der Waals surface area (Å²) >= 11 is 0. The first-order valence-electron chi connectivity index (χ1n) is 9.26. The fraction of sp³-hybridized carbons (Fsp3) is 0.182. The number of ether oxygens (including phenoxy) is 1. The highest BCUT2D eigenvalue weighted by Crippen LogP contribution is 2.46. The maximum atomic E-state index is 14.0. The van der Waals surface area contributed by atoms with Gasteiger partial charge in [-0.15, -0.1) is 0 Å². The molecule has 0 amide bonds. The lowest BCUT2D eigenvalue weighted by atomic mass is 9.88. The molecule has 2 heterocycles. The number of aromatic nitrogens is 2. The quantitative estimate of drug-likeness (QED) is 0.426. The van der Waals surface area contributed by atoms with Crippen molar-refractivity contribution in [3.8, 4) is 39.8 Å². The van der Waals surface area contributed by atoms with Gasteiger partial charge in [-0.1, -0.05) is 40.6 Å². The van der Waals surface area contributed by atoms with Crippen LogP contribution in [0.5, 0.6) is 5.75 Å². The molecule has 0 saturated carbocycles. The van der Waals surface area contributed by atoms with E-state index < -0.39 is 17.5 Å². The zero-order valence-electron chi connectivity index (χ0n) is 15.8. The average molecular weight is 412 g/mol. The molecule has 5 nitrogen and oxygen atoms in total. The van der Waals surface area contributed by atoms with Gasteiger partial charge < -0.3 is 13.8 Å². The molecule has 2 aromatic heterocycles. The number of methoxy groups -OCH3 is 1. The largest absolute Gasteiger partial charge is 0.497 e. The van der Waals surface area contributed by atoms with Crippen molar-refractivity contribution in [2.75, 3.05) is 7.11 Å². The van der Waals surface area contributed by atoms with Gasteiger partial charge in [0.2, 0.25) is 11.5 Å². The Labute approximate surface area is 169 Å². The summed E-state index contributed by atoms with van der Waals surface area (Å²) in [5.41, 5.74) is 1.97. The van der Waals surface area contributed by atoms with Crippen LogP contribution in [0.1, 0.15) is 16.7 Å². The molecule has 5 rings (SSSR count).